The van der Waals surface area contributed by atoms with Gasteiger partial charge < -0.3 is 13.7 Å². The third kappa shape index (κ3) is 2.79. The molecule has 0 spiro atoms. The number of aromatic nitrogens is 2. The van der Waals surface area contributed by atoms with Crippen molar-refractivity contribution < 1.29 is 13.6 Å². The van der Waals surface area contributed by atoms with E-state index in [1.54, 1.807) is 18.4 Å². The first-order chi connectivity index (χ1) is 11.3. The number of furan rings is 1. The van der Waals surface area contributed by atoms with Gasteiger partial charge in [-0.1, -0.05) is 6.07 Å². The molecule has 0 aromatic carbocycles. The molecule has 1 amide bonds. The molecule has 0 aliphatic carbocycles. The lowest BCUT2D eigenvalue weighted by molar-refractivity contribution is 0.0711. The number of amides is 1. The lowest BCUT2D eigenvalue weighted by atomic mass is 9.97. The predicted molar refractivity (Wildman–Crippen MR) is 84.2 cm³/mol. The van der Waals surface area contributed by atoms with E-state index in [1.165, 1.54) is 11.3 Å². The van der Waals surface area contributed by atoms with Crippen LogP contribution in [0.1, 0.15) is 34.3 Å². The van der Waals surface area contributed by atoms with Crippen LogP contribution in [-0.4, -0.2) is 34.1 Å². The number of carbonyl (C=O) groups is 1. The first-order valence-electron chi connectivity index (χ1n) is 7.51. The first kappa shape index (κ1) is 14.2. The Bertz CT molecular complexity index is 771. The zero-order valence-corrected chi connectivity index (χ0v) is 13.2. The molecule has 1 fully saturated rings. The van der Waals surface area contributed by atoms with Crippen molar-refractivity contribution in [1.82, 2.24) is 15.1 Å². The lowest BCUT2D eigenvalue weighted by Crippen LogP contribution is -2.37. The zero-order chi connectivity index (χ0) is 15.6. The minimum atomic E-state index is 0.111. The van der Waals surface area contributed by atoms with Gasteiger partial charge in [0.1, 0.15) is 0 Å². The van der Waals surface area contributed by atoms with Gasteiger partial charge in [0.15, 0.2) is 5.76 Å². The normalized spacial score (nSPS) is 15.9. The molecule has 118 valence electrons. The smallest absolute Gasteiger partial charge is 0.283 e. The number of piperidine rings is 1. The van der Waals surface area contributed by atoms with E-state index in [0.29, 0.717) is 30.6 Å². The summed E-state index contributed by atoms with van der Waals surface area (Å²) < 4.78 is 11.0. The highest BCUT2D eigenvalue weighted by Crippen LogP contribution is 2.30. The van der Waals surface area contributed by atoms with E-state index in [0.717, 1.165) is 17.7 Å². The molecule has 0 saturated carbocycles. The van der Waals surface area contributed by atoms with E-state index < -0.39 is 0 Å². The number of nitrogens with zero attached hydrogens (tertiary/aromatic N) is 3. The van der Waals surface area contributed by atoms with E-state index >= 15 is 0 Å². The molecular weight excluding hydrogens is 314 g/mol. The predicted octanol–water partition coefficient (Wildman–Crippen LogP) is 3.41. The molecule has 7 heteroatoms. The third-order valence-electron chi connectivity index (χ3n) is 4.04. The molecule has 0 radical (unpaired) electrons. The van der Waals surface area contributed by atoms with Crippen LogP contribution in [0.25, 0.3) is 11.7 Å². The van der Waals surface area contributed by atoms with Gasteiger partial charge in [-0.2, -0.15) is 0 Å². The highest BCUT2D eigenvalue weighted by molar-refractivity contribution is 7.12. The fourth-order valence-electron chi connectivity index (χ4n) is 2.78. The van der Waals surface area contributed by atoms with Gasteiger partial charge in [-0.05, 0) is 36.4 Å². The van der Waals surface area contributed by atoms with Crippen LogP contribution in [0.3, 0.4) is 0 Å². The molecule has 1 aliphatic heterocycles. The van der Waals surface area contributed by atoms with E-state index in [-0.39, 0.29) is 11.8 Å². The van der Waals surface area contributed by atoms with Crippen LogP contribution >= 0.6 is 11.3 Å². The maximum Gasteiger partial charge on any atom is 0.283 e. The summed E-state index contributed by atoms with van der Waals surface area (Å²) in [5.41, 5.74) is 0. The van der Waals surface area contributed by atoms with Gasteiger partial charge in [-0.15, -0.1) is 21.5 Å². The van der Waals surface area contributed by atoms with Crippen LogP contribution in [0.5, 0.6) is 0 Å². The summed E-state index contributed by atoms with van der Waals surface area (Å²) >= 11 is 1.48. The quantitative estimate of drug-likeness (QED) is 0.736. The van der Waals surface area contributed by atoms with Crippen molar-refractivity contribution in [2.45, 2.75) is 18.8 Å². The fourth-order valence-corrected chi connectivity index (χ4v) is 3.48. The summed E-state index contributed by atoms with van der Waals surface area (Å²) in [4.78, 5) is 15.0. The standard InChI is InChI=1S/C16H15N3O3S/c20-16(13-4-2-10-23-13)19-7-5-11(6-8-19)14-17-18-15(22-14)12-3-1-9-21-12/h1-4,9-11H,5-8H2. The van der Waals surface area contributed by atoms with Crippen molar-refractivity contribution >= 4 is 17.2 Å². The molecule has 3 aromatic rings. The van der Waals surface area contributed by atoms with Gasteiger partial charge in [0, 0.05) is 19.0 Å². The monoisotopic (exact) mass is 329 g/mol. The fraction of sp³-hybridized carbons (Fsp3) is 0.312. The summed E-state index contributed by atoms with van der Waals surface area (Å²) in [5.74, 6) is 1.91. The Morgan fingerprint density at radius 3 is 2.78 bits per heavy atom. The SMILES string of the molecule is O=C(c1cccs1)N1CCC(c2nnc(-c3ccco3)o2)CC1. The minimum Gasteiger partial charge on any atom is -0.459 e. The Balaban J connectivity index is 1.41. The van der Waals surface area contributed by atoms with Gasteiger partial charge in [-0.25, -0.2) is 0 Å². The zero-order valence-electron chi connectivity index (χ0n) is 12.3. The Morgan fingerprint density at radius 2 is 2.09 bits per heavy atom. The van der Waals surface area contributed by atoms with Crippen molar-refractivity contribution in [3.8, 4) is 11.7 Å². The summed E-state index contributed by atoms with van der Waals surface area (Å²) in [6.45, 7) is 1.42. The van der Waals surface area contributed by atoms with Gasteiger partial charge in [0.25, 0.3) is 11.8 Å². The van der Waals surface area contributed by atoms with E-state index in [2.05, 4.69) is 10.2 Å². The number of likely N-dealkylation sites (tertiary alicyclic amines) is 1. The molecule has 6 nitrogen and oxygen atoms in total. The van der Waals surface area contributed by atoms with Crippen LogP contribution in [0, 0.1) is 0 Å². The van der Waals surface area contributed by atoms with E-state index in [4.69, 9.17) is 8.83 Å². The molecule has 4 rings (SSSR count). The van der Waals surface area contributed by atoms with Crippen molar-refractivity contribution in [1.29, 1.82) is 0 Å². The van der Waals surface area contributed by atoms with Crippen molar-refractivity contribution in [2.75, 3.05) is 13.1 Å². The second-order valence-corrected chi connectivity index (χ2v) is 6.41. The average molecular weight is 329 g/mol. The highest BCUT2D eigenvalue weighted by atomic mass is 32.1. The largest absolute Gasteiger partial charge is 0.459 e. The summed E-state index contributed by atoms with van der Waals surface area (Å²) in [5, 5.41) is 10.1. The maximum absolute atomic E-state index is 12.3. The van der Waals surface area contributed by atoms with Crippen LogP contribution in [0.4, 0.5) is 0 Å². The number of hydrogen-bond donors (Lipinski definition) is 0. The van der Waals surface area contributed by atoms with Gasteiger partial charge in [-0.3, -0.25) is 4.79 Å². The Kier molecular flexibility index (Phi) is 3.70. The number of hydrogen-bond acceptors (Lipinski definition) is 6. The highest BCUT2D eigenvalue weighted by Gasteiger charge is 2.28. The second kappa shape index (κ2) is 6.00. The molecule has 23 heavy (non-hydrogen) atoms. The Labute approximate surface area is 136 Å². The van der Waals surface area contributed by atoms with Crippen molar-refractivity contribution in [3.63, 3.8) is 0 Å². The summed E-state index contributed by atoms with van der Waals surface area (Å²) in [6.07, 6.45) is 3.24. The first-order valence-corrected chi connectivity index (χ1v) is 8.39. The Hall–Kier alpha value is -2.41. The van der Waals surface area contributed by atoms with Crippen molar-refractivity contribution in [2.24, 2.45) is 0 Å². The minimum absolute atomic E-state index is 0.111. The van der Waals surface area contributed by atoms with Crippen LogP contribution in [0.15, 0.2) is 44.7 Å². The third-order valence-corrected chi connectivity index (χ3v) is 4.89. The number of carbonyl (C=O) groups excluding carboxylic acids is 1. The Morgan fingerprint density at radius 1 is 1.22 bits per heavy atom. The summed E-state index contributed by atoms with van der Waals surface area (Å²) in [7, 11) is 0. The van der Waals surface area contributed by atoms with Crippen LogP contribution in [0.2, 0.25) is 0 Å². The lowest BCUT2D eigenvalue weighted by Gasteiger charge is -2.30. The topological polar surface area (TPSA) is 72.4 Å². The van der Waals surface area contributed by atoms with Gasteiger partial charge in [0.05, 0.1) is 11.1 Å². The second-order valence-electron chi connectivity index (χ2n) is 5.47. The molecule has 1 aliphatic rings. The van der Waals surface area contributed by atoms with E-state index in [9.17, 15) is 4.79 Å². The number of thiophene rings is 1. The van der Waals surface area contributed by atoms with Crippen molar-refractivity contribution in [3.05, 3.63) is 46.7 Å². The average Bonchev–Trinajstić information content (AvgIpc) is 3.36. The maximum atomic E-state index is 12.3. The molecule has 0 unspecified atom stereocenters. The molecular formula is C16H15N3O3S. The molecule has 4 heterocycles. The molecule has 0 atom stereocenters. The summed E-state index contributed by atoms with van der Waals surface area (Å²) in [6, 6.07) is 7.35. The van der Waals surface area contributed by atoms with Crippen LogP contribution in [-0.2, 0) is 0 Å². The van der Waals surface area contributed by atoms with Gasteiger partial charge >= 0.3 is 0 Å². The number of rotatable bonds is 3. The molecule has 1 saturated heterocycles. The van der Waals surface area contributed by atoms with Crippen LogP contribution < -0.4 is 0 Å². The molecule has 0 N–H and O–H groups in total. The van der Waals surface area contributed by atoms with Gasteiger partial charge in [0.2, 0.25) is 5.89 Å². The molecule has 0 bridgehead atoms. The molecule has 3 aromatic heterocycles. The van der Waals surface area contributed by atoms with E-state index in [1.807, 2.05) is 22.4 Å².